The van der Waals surface area contributed by atoms with Crippen LogP contribution >= 0.6 is 0 Å². The predicted octanol–water partition coefficient (Wildman–Crippen LogP) is 3.88. The van der Waals surface area contributed by atoms with Crippen molar-refractivity contribution in [3.05, 3.63) is 82.7 Å². The highest BCUT2D eigenvalue weighted by atomic mass is 19.1. The monoisotopic (exact) mass is 380 g/mol. The molecule has 4 rings (SSSR count). The van der Waals surface area contributed by atoms with E-state index in [9.17, 15) is 13.6 Å². The van der Waals surface area contributed by atoms with E-state index in [1.54, 1.807) is 6.92 Å². The Balaban J connectivity index is 1.60. The first-order valence-electron chi connectivity index (χ1n) is 8.94. The topological polar surface area (TPSA) is 58.1 Å². The van der Waals surface area contributed by atoms with Gasteiger partial charge >= 0.3 is 0 Å². The molecule has 1 N–H and O–H groups in total. The van der Waals surface area contributed by atoms with Gasteiger partial charge in [-0.25, -0.2) is 18.7 Å². The number of anilines is 2. The average molecular weight is 380 g/mol. The number of nitrogens with zero attached hydrogens (tertiary/aromatic N) is 3. The van der Waals surface area contributed by atoms with Gasteiger partial charge in [0.05, 0.1) is 0 Å². The Morgan fingerprint density at radius 1 is 1.04 bits per heavy atom. The Morgan fingerprint density at radius 3 is 2.50 bits per heavy atom. The number of halogens is 2. The van der Waals surface area contributed by atoms with E-state index in [1.165, 1.54) is 23.3 Å². The molecule has 0 unspecified atom stereocenters. The van der Waals surface area contributed by atoms with Crippen LogP contribution in [0, 0.1) is 18.6 Å². The zero-order valence-corrected chi connectivity index (χ0v) is 15.2. The maximum absolute atomic E-state index is 13.8. The molecule has 2 aromatic carbocycles. The summed E-state index contributed by atoms with van der Waals surface area (Å²) in [6, 6.07) is 13.1. The van der Waals surface area contributed by atoms with Crippen LogP contribution in [0.25, 0.3) is 0 Å². The number of carbonyl (C=O) groups is 1. The van der Waals surface area contributed by atoms with Gasteiger partial charge in [-0.05, 0) is 42.7 Å². The van der Waals surface area contributed by atoms with Crippen molar-refractivity contribution in [2.24, 2.45) is 0 Å². The Bertz CT molecular complexity index is 1030. The van der Waals surface area contributed by atoms with E-state index < -0.39 is 23.2 Å². The first-order chi connectivity index (χ1) is 13.5. The van der Waals surface area contributed by atoms with Gasteiger partial charge in [0.1, 0.15) is 23.0 Å². The summed E-state index contributed by atoms with van der Waals surface area (Å²) in [7, 11) is 0. The molecule has 0 saturated carbocycles. The van der Waals surface area contributed by atoms with Crippen molar-refractivity contribution in [1.29, 1.82) is 0 Å². The third-order valence-corrected chi connectivity index (χ3v) is 4.69. The highest BCUT2D eigenvalue weighted by molar-refractivity contribution is 6.03. The fourth-order valence-corrected chi connectivity index (χ4v) is 3.27. The first-order valence-corrected chi connectivity index (χ1v) is 8.94. The molecule has 1 aliphatic heterocycles. The quantitative estimate of drug-likeness (QED) is 0.749. The number of para-hydroxylation sites is 1. The molecule has 3 aromatic rings. The van der Waals surface area contributed by atoms with Gasteiger partial charge < -0.3 is 10.2 Å². The third-order valence-electron chi connectivity index (χ3n) is 4.69. The van der Waals surface area contributed by atoms with Crippen molar-refractivity contribution in [2.75, 3.05) is 16.8 Å². The summed E-state index contributed by atoms with van der Waals surface area (Å²) in [5.74, 6) is -1.94. The summed E-state index contributed by atoms with van der Waals surface area (Å²) < 4.78 is 27.6. The van der Waals surface area contributed by atoms with E-state index in [0.717, 1.165) is 25.1 Å². The Labute approximate surface area is 161 Å². The second kappa shape index (κ2) is 7.34. The SMILES string of the molecule is Cc1cc(C(=O)Nc2c(F)cccc2F)nc(N2CCc3ccccc3C2)n1. The van der Waals surface area contributed by atoms with Crippen molar-refractivity contribution in [2.45, 2.75) is 19.9 Å². The molecule has 0 saturated heterocycles. The normalized spacial score (nSPS) is 13.2. The molecule has 0 radical (unpaired) electrons. The summed E-state index contributed by atoms with van der Waals surface area (Å²) in [6.45, 7) is 3.12. The number of amides is 1. The molecule has 142 valence electrons. The van der Waals surface area contributed by atoms with Gasteiger partial charge in [0.15, 0.2) is 0 Å². The molecule has 2 heterocycles. The minimum Gasteiger partial charge on any atom is -0.336 e. The summed E-state index contributed by atoms with van der Waals surface area (Å²) in [5, 5.41) is 2.27. The molecule has 5 nitrogen and oxygen atoms in total. The lowest BCUT2D eigenvalue weighted by molar-refractivity contribution is 0.102. The van der Waals surface area contributed by atoms with Gasteiger partial charge in [-0.2, -0.15) is 0 Å². The number of nitrogens with one attached hydrogen (secondary N) is 1. The maximum atomic E-state index is 13.8. The van der Waals surface area contributed by atoms with Crippen LogP contribution in [-0.2, 0) is 13.0 Å². The van der Waals surface area contributed by atoms with Crippen LogP contribution in [0.1, 0.15) is 27.3 Å². The minimum atomic E-state index is -0.841. The number of benzene rings is 2. The molecular formula is C21H18F2N4O. The highest BCUT2D eigenvalue weighted by Crippen LogP contribution is 2.23. The highest BCUT2D eigenvalue weighted by Gasteiger charge is 2.21. The smallest absolute Gasteiger partial charge is 0.274 e. The van der Waals surface area contributed by atoms with Crippen molar-refractivity contribution in [1.82, 2.24) is 9.97 Å². The standard InChI is InChI=1S/C21H18F2N4O/c1-13-11-18(20(28)26-19-16(22)7-4-8-17(19)23)25-21(24-13)27-10-9-14-5-2-3-6-15(14)12-27/h2-8,11H,9-10,12H2,1H3,(H,26,28). The number of rotatable bonds is 3. The Morgan fingerprint density at radius 2 is 1.75 bits per heavy atom. The number of hydrogen-bond acceptors (Lipinski definition) is 4. The molecule has 1 aliphatic rings. The second-order valence-corrected chi connectivity index (χ2v) is 6.69. The van der Waals surface area contributed by atoms with Gasteiger partial charge in [-0.1, -0.05) is 30.3 Å². The molecule has 28 heavy (non-hydrogen) atoms. The van der Waals surface area contributed by atoms with E-state index >= 15 is 0 Å². The lowest BCUT2D eigenvalue weighted by Gasteiger charge is -2.29. The number of aryl methyl sites for hydroxylation is 1. The lowest BCUT2D eigenvalue weighted by Crippen LogP contribution is -2.32. The fourth-order valence-electron chi connectivity index (χ4n) is 3.27. The van der Waals surface area contributed by atoms with Gasteiger partial charge in [0, 0.05) is 18.8 Å². The first kappa shape index (κ1) is 18.0. The van der Waals surface area contributed by atoms with Gasteiger partial charge in [0.2, 0.25) is 5.95 Å². The molecule has 0 atom stereocenters. The van der Waals surface area contributed by atoms with Gasteiger partial charge in [0.25, 0.3) is 5.91 Å². The van der Waals surface area contributed by atoms with Crippen LogP contribution in [0.5, 0.6) is 0 Å². The zero-order valence-electron chi connectivity index (χ0n) is 15.2. The number of carbonyl (C=O) groups excluding carboxylic acids is 1. The van der Waals surface area contributed by atoms with Crippen molar-refractivity contribution in [3.8, 4) is 0 Å². The fraction of sp³-hybridized carbons (Fsp3) is 0.190. The molecule has 1 amide bonds. The minimum absolute atomic E-state index is 0.0593. The zero-order chi connectivity index (χ0) is 19.7. The summed E-state index contributed by atoms with van der Waals surface area (Å²) in [6.07, 6.45) is 0.857. The van der Waals surface area contributed by atoms with Crippen LogP contribution in [0.2, 0.25) is 0 Å². The van der Waals surface area contributed by atoms with E-state index in [1.807, 2.05) is 17.0 Å². The molecule has 0 spiro atoms. The van der Waals surface area contributed by atoms with Crippen molar-refractivity contribution < 1.29 is 13.6 Å². The molecule has 0 aliphatic carbocycles. The Hall–Kier alpha value is -3.35. The van der Waals surface area contributed by atoms with Gasteiger partial charge in [-0.15, -0.1) is 0 Å². The summed E-state index contributed by atoms with van der Waals surface area (Å²) in [4.78, 5) is 23.3. The third kappa shape index (κ3) is 3.55. The van der Waals surface area contributed by atoms with Crippen molar-refractivity contribution in [3.63, 3.8) is 0 Å². The van der Waals surface area contributed by atoms with Crippen LogP contribution < -0.4 is 10.2 Å². The van der Waals surface area contributed by atoms with Crippen LogP contribution in [0.15, 0.2) is 48.5 Å². The van der Waals surface area contributed by atoms with Crippen molar-refractivity contribution >= 4 is 17.5 Å². The molecular weight excluding hydrogens is 362 g/mol. The molecule has 7 heteroatoms. The summed E-state index contributed by atoms with van der Waals surface area (Å²) >= 11 is 0. The summed E-state index contributed by atoms with van der Waals surface area (Å²) in [5.41, 5.74) is 2.65. The second-order valence-electron chi connectivity index (χ2n) is 6.69. The van der Waals surface area contributed by atoms with Crippen LogP contribution in [0.4, 0.5) is 20.4 Å². The van der Waals surface area contributed by atoms with Crippen LogP contribution in [0.3, 0.4) is 0 Å². The largest absolute Gasteiger partial charge is 0.336 e. The number of aromatic nitrogens is 2. The van der Waals surface area contributed by atoms with E-state index in [4.69, 9.17) is 0 Å². The molecule has 0 bridgehead atoms. The maximum Gasteiger partial charge on any atom is 0.274 e. The Kier molecular flexibility index (Phi) is 4.73. The van der Waals surface area contributed by atoms with Gasteiger partial charge in [-0.3, -0.25) is 4.79 Å². The predicted molar refractivity (Wildman–Crippen MR) is 102 cm³/mol. The van der Waals surface area contributed by atoms with E-state index in [2.05, 4.69) is 27.4 Å². The van der Waals surface area contributed by atoms with E-state index in [0.29, 0.717) is 18.2 Å². The number of fused-ring (bicyclic) bond motifs is 1. The van der Waals surface area contributed by atoms with Crippen LogP contribution in [-0.4, -0.2) is 22.4 Å². The molecule has 1 aromatic heterocycles. The number of hydrogen-bond donors (Lipinski definition) is 1. The molecule has 0 fully saturated rings. The average Bonchev–Trinajstić information content (AvgIpc) is 2.70. The van der Waals surface area contributed by atoms with E-state index in [-0.39, 0.29) is 5.69 Å². The lowest BCUT2D eigenvalue weighted by atomic mass is 10.0.